The first-order chi connectivity index (χ1) is 12.5. The Labute approximate surface area is 149 Å². The summed E-state index contributed by atoms with van der Waals surface area (Å²) >= 11 is 0. The number of nitrogens with zero attached hydrogens (tertiary/aromatic N) is 4. The number of anilines is 1. The van der Waals surface area contributed by atoms with E-state index in [2.05, 4.69) is 11.2 Å². The van der Waals surface area contributed by atoms with Gasteiger partial charge in [-0.05, 0) is 31.2 Å². The summed E-state index contributed by atoms with van der Waals surface area (Å²) in [5, 5.41) is 13.4. The molecule has 3 aromatic rings. The maximum atomic E-state index is 12.7. The van der Waals surface area contributed by atoms with Crippen LogP contribution in [0, 0.1) is 18.3 Å². The van der Waals surface area contributed by atoms with E-state index in [1.54, 1.807) is 48.1 Å². The van der Waals surface area contributed by atoms with Crippen LogP contribution in [0.5, 0.6) is 0 Å². The topological polar surface area (TPSA) is 79.0 Å². The Bertz CT molecular complexity index is 1070. The highest BCUT2D eigenvalue weighted by Gasteiger charge is 2.39. The molecule has 0 spiro atoms. The van der Waals surface area contributed by atoms with Crippen molar-refractivity contribution in [3.05, 3.63) is 70.8 Å². The molecule has 0 atom stereocenters. The van der Waals surface area contributed by atoms with Crippen molar-refractivity contribution in [1.29, 1.82) is 5.26 Å². The highest BCUT2D eigenvalue weighted by atomic mass is 16.2. The van der Waals surface area contributed by atoms with Gasteiger partial charge in [-0.25, -0.2) is 4.90 Å². The minimum atomic E-state index is -0.363. The summed E-state index contributed by atoms with van der Waals surface area (Å²) in [5.74, 6) is -0.394. The molecule has 26 heavy (non-hydrogen) atoms. The molecule has 0 fully saturated rings. The largest absolute Gasteiger partial charge is 0.268 e. The van der Waals surface area contributed by atoms with E-state index < -0.39 is 0 Å². The Hall–Kier alpha value is -3.72. The number of fused-ring (bicyclic) bond motifs is 1. The fraction of sp³-hybridized carbons (Fsp3) is 0.100. The van der Waals surface area contributed by atoms with Gasteiger partial charge in [0.05, 0.1) is 28.5 Å². The van der Waals surface area contributed by atoms with Crippen LogP contribution in [-0.4, -0.2) is 21.6 Å². The molecule has 2 aromatic carbocycles. The molecule has 4 rings (SSSR count). The molecule has 0 saturated heterocycles. The van der Waals surface area contributed by atoms with Crippen LogP contribution in [0.15, 0.2) is 48.5 Å². The zero-order valence-corrected chi connectivity index (χ0v) is 14.2. The lowest BCUT2D eigenvalue weighted by Gasteiger charge is -2.11. The second-order valence-corrected chi connectivity index (χ2v) is 6.10. The first-order valence-electron chi connectivity index (χ1n) is 8.05. The number of rotatable bonds is 2. The molecule has 0 saturated carbocycles. The van der Waals surface area contributed by atoms with Gasteiger partial charge in [0.2, 0.25) is 0 Å². The number of aryl methyl sites for hydroxylation is 1. The molecule has 0 aliphatic carbocycles. The lowest BCUT2D eigenvalue weighted by Crippen LogP contribution is -2.30. The van der Waals surface area contributed by atoms with Gasteiger partial charge in [-0.2, -0.15) is 10.4 Å². The number of carbonyl (C=O) groups is 2. The number of hydrogen-bond donors (Lipinski definition) is 0. The van der Waals surface area contributed by atoms with Crippen molar-refractivity contribution in [2.75, 3.05) is 4.90 Å². The molecule has 126 valence electrons. The fourth-order valence-electron chi connectivity index (χ4n) is 3.32. The summed E-state index contributed by atoms with van der Waals surface area (Å²) in [6, 6.07) is 16.0. The van der Waals surface area contributed by atoms with Gasteiger partial charge in [0, 0.05) is 18.2 Å². The molecule has 1 aliphatic rings. The van der Waals surface area contributed by atoms with Crippen LogP contribution in [-0.2, 0) is 7.05 Å². The van der Waals surface area contributed by atoms with E-state index in [1.165, 1.54) is 0 Å². The highest BCUT2D eigenvalue weighted by molar-refractivity contribution is 6.34. The zero-order chi connectivity index (χ0) is 18.4. The summed E-state index contributed by atoms with van der Waals surface area (Å²) in [6.45, 7) is 1.83. The minimum Gasteiger partial charge on any atom is -0.268 e. The molecule has 6 heteroatoms. The molecule has 2 amide bonds. The van der Waals surface area contributed by atoms with Crippen molar-refractivity contribution >= 4 is 17.6 Å². The summed E-state index contributed by atoms with van der Waals surface area (Å²) in [5.41, 5.74) is 3.73. The standard InChI is InChI=1S/C20H14N4O2/c1-12-17(14-9-7-13(11-21)8-10-14)23(2)22-18(12)24-19(25)15-5-3-4-6-16(15)20(24)26/h3-10H,1-2H3. The van der Waals surface area contributed by atoms with Gasteiger partial charge in [-0.3, -0.25) is 14.3 Å². The van der Waals surface area contributed by atoms with Crippen LogP contribution < -0.4 is 4.90 Å². The summed E-state index contributed by atoms with van der Waals surface area (Å²) < 4.78 is 1.65. The molecule has 6 nitrogen and oxygen atoms in total. The Morgan fingerprint density at radius 1 is 0.962 bits per heavy atom. The van der Waals surface area contributed by atoms with Crippen molar-refractivity contribution in [2.24, 2.45) is 7.05 Å². The van der Waals surface area contributed by atoms with Gasteiger partial charge < -0.3 is 0 Å². The van der Waals surface area contributed by atoms with Gasteiger partial charge in [0.1, 0.15) is 0 Å². The maximum absolute atomic E-state index is 12.7. The van der Waals surface area contributed by atoms with E-state index in [9.17, 15) is 9.59 Å². The van der Waals surface area contributed by atoms with Crippen LogP contribution in [0.1, 0.15) is 31.8 Å². The zero-order valence-electron chi connectivity index (χ0n) is 14.2. The average Bonchev–Trinajstić information content (AvgIpc) is 3.09. The van der Waals surface area contributed by atoms with E-state index in [0.29, 0.717) is 22.5 Å². The number of carbonyl (C=O) groups excluding carboxylic acids is 2. The lowest BCUT2D eigenvalue weighted by atomic mass is 10.1. The molecular formula is C20H14N4O2. The van der Waals surface area contributed by atoms with E-state index in [-0.39, 0.29) is 11.8 Å². The van der Waals surface area contributed by atoms with Crippen molar-refractivity contribution in [1.82, 2.24) is 9.78 Å². The Morgan fingerprint density at radius 3 is 2.08 bits per heavy atom. The average molecular weight is 342 g/mol. The van der Waals surface area contributed by atoms with E-state index in [0.717, 1.165) is 21.7 Å². The Morgan fingerprint density at radius 2 is 1.54 bits per heavy atom. The smallest absolute Gasteiger partial charge is 0.267 e. The first kappa shape index (κ1) is 15.8. The number of aromatic nitrogens is 2. The van der Waals surface area contributed by atoms with Crippen molar-refractivity contribution in [3.8, 4) is 17.3 Å². The van der Waals surface area contributed by atoms with E-state index in [1.807, 2.05) is 19.1 Å². The SMILES string of the molecule is Cc1c(N2C(=O)c3ccccc3C2=O)nn(C)c1-c1ccc(C#N)cc1. The van der Waals surface area contributed by atoms with Crippen LogP contribution in [0.2, 0.25) is 0 Å². The van der Waals surface area contributed by atoms with Crippen LogP contribution in [0.3, 0.4) is 0 Å². The fourth-order valence-corrected chi connectivity index (χ4v) is 3.32. The molecule has 0 N–H and O–H groups in total. The quantitative estimate of drug-likeness (QED) is 0.671. The van der Waals surface area contributed by atoms with Crippen molar-refractivity contribution < 1.29 is 9.59 Å². The van der Waals surface area contributed by atoms with Gasteiger partial charge >= 0.3 is 0 Å². The summed E-state index contributed by atoms with van der Waals surface area (Å²) in [7, 11) is 1.77. The predicted molar refractivity (Wildman–Crippen MR) is 95.7 cm³/mol. The van der Waals surface area contributed by atoms with Crippen LogP contribution in [0.4, 0.5) is 5.82 Å². The second kappa shape index (κ2) is 5.67. The van der Waals surface area contributed by atoms with Crippen molar-refractivity contribution in [3.63, 3.8) is 0 Å². The number of hydrogen-bond acceptors (Lipinski definition) is 4. The maximum Gasteiger partial charge on any atom is 0.267 e. The van der Waals surface area contributed by atoms with Gasteiger partial charge in [0.25, 0.3) is 11.8 Å². The predicted octanol–water partition coefficient (Wildman–Crippen LogP) is 3.07. The molecule has 2 heterocycles. The third kappa shape index (κ3) is 2.15. The summed E-state index contributed by atoms with van der Waals surface area (Å²) in [4.78, 5) is 26.6. The number of benzene rings is 2. The third-order valence-electron chi connectivity index (χ3n) is 4.55. The Kier molecular flexibility index (Phi) is 3.44. The van der Waals surface area contributed by atoms with Crippen LogP contribution >= 0.6 is 0 Å². The molecule has 1 aromatic heterocycles. The third-order valence-corrected chi connectivity index (χ3v) is 4.55. The molecule has 1 aliphatic heterocycles. The minimum absolute atomic E-state index is 0.332. The van der Waals surface area contributed by atoms with Crippen molar-refractivity contribution in [2.45, 2.75) is 6.92 Å². The molecule has 0 bridgehead atoms. The second-order valence-electron chi connectivity index (χ2n) is 6.10. The lowest BCUT2D eigenvalue weighted by molar-refractivity contribution is 0.0924. The van der Waals surface area contributed by atoms with Crippen LogP contribution in [0.25, 0.3) is 11.3 Å². The molecule has 0 radical (unpaired) electrons. The number of imide groups is 1. The number of amides is 2. The molecular weight excluding hydrogens is 328 g/mol. The van der Waals surface area contributed by atoms with Gasteiger partial charge in [-0.1, -0.05) is 24.3 Å². The Balaban J connectivity index is 1.82. The molecule has 0 unspecified atom stereocenters. The normalized spacial score (nSPS) is 13.0. The van der Waals surface area contributed by atoms with Gasteiger partial charge in [-0.15, -0.1) is 0 Å². The monoisotopic (exact) mass is 342 g/mol. The van der Waals surface area contributed by atoms with E-state index >= 15 is 0 Å². The number of nitriles is 1. The first-order valence-corrected chi connectivity index (χ1v) is 8.05. The van der Waals surface area contributed by atoms with E-state index in [4.69, 9.17) is 5.26 Å². The summed E-state index contributed by atoms with van der Waals surface area (Å²) in [6.07, 6.45) is 0. The highest BCUT2D eigenvalue weighted by Crippen LogP contribution is 2.34. The van der Waals surface area contributed by atoms with Gasteiger partial charge in [0.15, 0.2) is 5.82 Å².